The first kappa shape index (κ1) is 17.2. The Bertz CT molecular complexity index is 452. The largest absolute Gasteiger partial charge is 0.465 e. The summed E-state index contributed by atoms with van der Waals surface area (Å²) in [5, 5.41) is 5.33. The molecule has 0 amide bonds. The van der Waals surface area contributed by atoms with Crippen LogP contribution in [0.2, 0.25) is 18.1 Å². The van der Waals surface area contributed by atoms with Crippen LogP contribution >= 0.6 is 11.3 Å². The van der Waals surface area contributed by atoms with E-state index in [1.54, 1.807) is 0 Å². The number of ether oxygens (including phenoxy) is 1. The Kier molecular flexibility index (Phi) is 5.79. The first-order valence-corrected chi connectivity index (χ1v) is 10.5. The van der Waals surface area contributed by atoms with Crippen LogP contribution in [0.5, 0.6) is 0 Å². The number of nitrogens with one attached hydrogen (secondary N) is 1. The molecule has 0 aliphatic heterocycles. The van der Waals surface area contributed by atoms with E-state index in [2.05, 4.69) is 39.2 Å². The van der Waals surface area contributed by atoms with Crippen LogP contribution in [-0.2, 0) is 9.16 Å². The molecule has 0 aromatic carbocycles. The fourth-order valence-corrected chi connectivity index (χ4v) is 3.24. The molecule has 1 N–H and O–H groups in total. The van der Waals surface area contributed by atoms with Gasteiger partial charge in [0.05, 0.1) is 19.4 Å². The molecule has 1 rings (SSSR count). The number of methoxy groups -OCH3 is 1. The van der Waals surface area contributed by atoms with E-state index in [9.17, 15) is 4.79 Å². The fraction of sp³-hybridized carbons (Fsp3) is 0.643. The third-order valence-electron chi connectivity index (χ3n) is 3.72. The Morgan fingerprint density at radius 3 is 2.60 bits per heavy atom. The molecule has 0 atom stereocenters. The van der Waals surface area contributed by atoms with Crippen LogP contribution in [0, 0.1) is 0 Å². The molecule has 4 nitrogen and oxygen atoms in total. The number of anilines is 1. The number of rotatable bonds is 6. The van der Waals surface area contributed by atoms with Crippen molar-refractivity contribution < 1.29 is 14.0 Å². The van der Waals surface area contributed by atoms with Gasteiger partial charge in [0.1, 0.15) is 4.88 Å². The van der Waals surface area contributed by atoms with Gasteiger partial charge in [0, 0.05) is 6.54 Å². The normalized spacial score (nSPS) is 12.3. The highest BCUT2D eigenvalue weighted by Crippen LogP contribution is 2.36. The lowest BCUT2D eigenvalue weighted by atomic mass is 10.2. The Morgan fingerprint density at radius 2 is 2.05 bits per heavy atom. The Hall–Kier alpha value is -0.853. The summed E-state index contributed by atoms with van der Waals surface area (Å²) in [5.74, 6) is -0.298. The zero-order valence-electron chi connectivity index (χ0n) is 13.2. The number of carbonyl (C=O) groups is 1. The number of thiophene rings is 1. The van der Waals surface area contributed by atoms with Gasteiger partial charge in [-0.1, -0.05) is 20.8 Å². The fourth-order valence-electron chi connectivity index (χ4n) is 1.41. The summed E-state index contributed by atoms with van der Waals surface area (Å²) in [5.41, 5.74) is 0.820. The summed E-state index contributed by atoms with van der Waals surface area (Å²) < 4.78 is 10.8. The van der Waals surface area contributed by atoms with Gasteiger partial charge in [-0.3, -0.25) is 0 Å². The highest BCUT2D eigenvalue weighted by molar-refractivity contribution is 7.12. The molecule has 0 saturated heterocycles. The molecule has 1 aromatic rings. The first-order valence-electron chi connectivity index (χ1n) is 6.72. The summed E-state index contributed by atoms with van der Waals surface area (Å²) in [6.07, 6.45) is 0. The van der Waals surface area contributed by atoms with Crippen molar-refractivity contribution in [1.29, 1.82) is 0 Å². The minimum absolute atomic E-state index is 0.215. The van der Waals surface area contributed by atoms with Gasteiger partial charge in [0.25, 0.3) is 0 Å². The molecule has 0 bridgehead atoms. The zero-order valence-corrected chi connectivity index (χ0v) is 15.0. The van der Waals surface area contributed by atoms with Crippen LogP contribution in [0.25, 0.3) is 0 Å². The van der Waals surface area contributed by atoms with Gasteiger partial charge in [-0.25, -0.2) is 4.79 Å². The second kappa shape index (κ2) is 6.73. The average Bonchev–Trinajstić information content (AvgIpc) is 2.80. The highest BCUT2D eigenvalue weighted by Gasteiger charge is 2.36. The van der Waals surface area contributed by atoms with Crippen LogP contribution in [0.15, 0.2) is 11.4 Å². The number of hydrogen-bond acceptors (Lipinski definition) is 5. The minimum atomic E-state index is -1.70. The van der Waals surface area contributed by atoms with E-state index >= 15 is 0 Å². The van der Waals surface area contributed by atoms with Gasteiger partial charge in [0.2, 0.25) is 0 Å². The van der Waals surface area contributed by atoms with E-state index in [4.69, 9.17) is 9.16 Å². The van der Waals surface area contributed by atoms with Crippen molar-refractivity contribution in [2.75, 3.05) is 25.6 Å². The van der Waals surface area contributed by atoms with Crippen molar-refractivity contribution in [3.05, 3.63) is 16.3 Å². The van der Waals surface area contributed by atoms with E-state index in [1.807, 2.05) is 11.4 Å². The third-order valence-corrected chi connectivity index (χ3v) is 9.16. The molecule has 0 radical (unpaired) electrons. The molecule has 20 heavy (non-hydrogen) atoms. The van der Waals surface area contributed by atoms with Crippen LogP contribution in [0.3, 0.4) is 0 Å². The van der Waals surface area contributed by atoms with Crippen molar-refractivity contribution in [2.45, 2.75) is 38.9 Å². The quantitative estimate of drug-likeness (QED) is 0.490. The molecule has 6 heteroatoms. The monoisotopic (exact) mass is 315 g/mol. The summed E-state index contributed by atoms with van der Waals surface area (Å²) in [6, 6.07) is 1.89. The SMILES string of the molecule is COC(=O)c1sccc1NCCO[Si](C)(C)C(C)(C)C. The minimum Gasteiger partial charge on any atom is -0.465 e. The molecule has 114 valence electrons. The lowest BCUT2D eigenvalue weighted by Crippen LogP contribution is -2.41. The van der Waals surface area contributed by atoms with Gasteiger partial charge in [-0.2, -0.15) is 0 Å². The maximum Gasteiger partial charge on any atom is 0.350 e. The van der Waals surface area contributed by atoms with Crippen LogP contribution in [0.4, 0.5) is 5.69 Å². The van der Waals surface area contributed by atoms with Crippen LogP contribution in [0.1, 0.15) is 30.4 Å². The van der Waals surface area contributed by atoms with Crippen LogP contribution in [-0.4, -0.2) is 34.5 Å². The second-order valence-electron chi connectivity index (χ2n) is 6.19. The smallest absolute Gasteiger partial charge is 0.350 e. The Balaban J connectivity index is 2.47. The van der Waals surface area contributed by atoms with Crippen molar-refractivity contribution >= 4 is 31.3 Å². The van der Waals surface area contributed by atoms with Gasteiger partial charge >= 0.3 is 5.97 Å². The number of hydrogen-bond donors (Lipinski definition) is 1. The van der Waals surface area contributed by atoms with Crippen molar-refractivity contribution in [2.24, 2.45) is 0 Å². The third kappa shape index (κ3) is 4.33. The lowest BCUT2D eigenvalue weighted by molar-refractivity contribution is 0.0607. The molecule has 0 fully saturated rings. The Labute approximate surface area is 126 Å². The molecular formula is C14H25NO3SSi. The van der Waals surface area contributed by atoms with E-state index in [0.717, 1.165) is 5.69 Å². The number of carbonyl (C=O) groups excluding carboxylic acids is 1. The zero-order chi connectivity index (χ0) is 15.4. The molecular weight excluding hydrogens is 290 g/mol. The lowest BCUT2D eigenvalue weighted by Gasteiger charge is -2.36. The summed E-state index contributed by atoms with van der Waals surface area (Å²) in [7, 11) is -0.303. The molecule has 0 spiro atoms. The van der Waals surface area contributed by atoms with E-state index in [0.29, 0.717) is 18.0 Å². The maximum absolute atomic E-state index is 11.5. The predicted molar refractivity (Wildman–Crippen MR) is 87.3 cm³/mol. The predicted octanol–water partition coefficient (Wildman–Crippen LogP) is 3.97. The van der Waals surface area contributed by atoms with Crippen molar-refractivity contribution in [3.8, 4) is 0 Å². The molecule has 0 saturated carbocycles. The van der Waals surface area contributed by atoms with Crippen molar-refractivity contribution in [3.63, 3.8) is 0 Å². The summed E-state index contributed by atoms with van der Waals surface area (Å²) in [6.45, 7) is 12.5. The maximum atomic E-state index is 11.5. The standard InChI is InChI=1S/C14H25NO3SSi/c1-14(2,3)20(5,6)18-9-8-15-11-7-10-19-12(11)13(16)17-4/h7,10,15H,8-9H2,1-6H3. The number of esters is 1. The van der Waals surface area contributed by atoms with Crippen LogP contribution < -0.4 is 5.32 Å². The molecule has 1 aromatic heterocycles. The van der Waals surface area contributed by atoms with Gasteiger partial charge in [-0.05, 0) is 29.6 Å². The molecule has 1 heterocycles. The highest BCUT2D eigenvalue weighted by atomic mass is 32.1. The summed E-state index contributed by atoms with van der Waals surface area (Å²) >= 11 is 1.38. The topological polar surface area (TPSA) is 47.6 Å². The first-order chi connectivity index (χ1) is 9.19. The summed E-state index contributed by atoms with van der Waals surface area (Å²) in [4.78, 5) is 12.2. The molecule has 0 aliphatic rings. The van der Waals surface area contributed by atoms with E-state index < -0.39 is 8.32 Å². The average molecular weight is 316 g/mol. The molecule has 0 unspecified atom stereocenters. The van der Waals surface area contributed by atoms with Gasteiger partial charge < -0.3 is 14.5 Å². The van der Waals surface area contributed by atoms with Gasteiger partial charge in [0.15, 0.2) is 8.32 Å². The second-order valence-corrected chi connectivity index (χ2v) is 11.9. The van der Waals surface area contributed by atoms with Gasteiger partial charge in [-0.15, -0.1) is 11.3 Å². The van der Waals surface area contributed by atoms with E-state index in [1.165, 1.54) is 18.4 Å². The molecule has 0 aliphatic carbocycles. The van der Waals surface area contributed by atoms with E-state index in [-0.39, 0.29) is 11.0 Å². The van der Waals surface area contributed by atoms with Crippen molar-refractivity contribution in [1.82, 2.24) is 0 Å². The Morgan fingerprint density at radius 1 is 1.40 bits per heavy atom.